The Morgan fingerprint density at radius 3 is 2.44 bits per heavy atom. The largest absolute Gasteiger partial charge is 0.481 e. The van der Waals surface area contributed by atoms with Crippen LogP contribution in [0.4, 0.5) is 5.95 Å². The van der Waals surface area contributed by atoms with Crippen molar-refractivity contribution in [2.45, 2.75) is 18.9 Å². The van der Waals surface area contributed by atoms with Gasteiger partial charge in [0.15, 0.2) is 5.65 Å². The molecule has 3 aromatic rings. The maximum absolute atomic E-state index is 12.4. The summed E-state index contributed by atoms with van der Waals surface area (Å²) >= 11 is 0. The molecule has 0 aliphatic rings. The number of fused-ring (bicyclic) bond motifs is 1. The van der Waals surface area contributed by atoms with Crippen molar-refractivity contribution in [3.63, 3.8) is 0 Å². The summed E-state index contributed by atoms with van der Waals surface area (Å²) in [4.78, 5) is 56.9. The molecule has 1 amide bonds. The summed E-state index contributed by atoms with van der Waals surface area (Å²) in [7, 11) is 0. The van der Waals surface area contributed by atoms with Crippen LogP contribution in [0.3, 0.4) is 0 Å². The Kier molecular flexibility index (Phi) is 7.33. The molecular weight excluding hydrogens is 446 g/mol. The number of nitrogens with two attached hydrogens (primary N) is 1. The molecule has 1 aromatic carbocycles. The summed E-state index contributed by atoms with van der Waals surface area (Å²) in [5, 5.41) is 30.3. The normalized spacial score (nSPS) is 12.3. The molecule has 2 aromatic heterocycles. The van der Waals surface area contributed by atoms with Crippen LogP contribution in [-0.2, 0) is 9.59 Å². The molecule has 0 saturated carbocycles. The van der Waals surface area contributed by atoms with Gasteiger partial charge in [-0.15, -0.1) is 0 Å². The summed E-state index contributed by atoms with van der Waals surface area (Å²) in [6.45, 7) is -0.351. The first-order valence-electron chi connectivity index (χ1n) is 10.0. The Labute approximate surface area is 191 Å². The van der Waals surface area contributed by atoms with Gasteiger partial charge in [-0.3, -0.25) is 19.4 Å². The average molecular weight is 467 g/mol. The Bertz CT molecular complexity index is 1330. The van der Waals surface area contributed by atoms with E-state index in [1.54, 1.807) is 24.3 Å². The van der Waals surface area contributed by atoms with Crippen molar-refractivity contribution in [3.05, 3.63) is 63.6 Å². The lowest BCUT2D eigenvalue weighted by Crippen LogP contribution is -2.41. The minimum atomic E-state index is -1.34. The highest BCUT2D eigenvalue weighted by Gasteiger charge is 2.21. The number of carbonyl (C=O) groups is 3. The number of carboxylic acid groups (broad SMARTS) is 2. The van der Waals surface area contributed by atoms with Crippen LogP contribution < -0.4 is 16.6 Å². The number of aliphatic carboxylic acids is 2. The number of aliphatic hydroxyl groups excluding tert-OH is 1. The number of pyridine rings is 1. The van der Waals surface area contributed by atoms with E-state index >= 15 is 0 Å². The van der Waals surface area contributed by atoms with E-state index in [0.717, 1.165) is 0 Å². The molecule has 0 aliphatic heterocycles. The third kappa shape index (κ3) is 5.81. The highest BCUT2D eigenvalue weighted by Crippen LogP contribution is 2.20. The van der Waals surface area contributed by atoms with Gasteiger partial charge in [-0.2, -0.15) is 4.98 Å². The van der Waals surface area contributed by atoms with Gasteiger partial charge in [0.05, 0.1) is 12.0 Å². The standard InChI is InChI=1S/C22H21N5O7/c23-22-26-18-15(20(32)27-22)8-11(9-24-18)7-14(10-28)12-1-3-13(4-2-12)19(31)25-16(21(33)34)5-6-17(29)30/h1-4,7-9,16,28H,5-6,10H2,(H,25,31)(H,29,30)(H,33,34)(H3,23,24,26,27,32)/b14-7-. The molecule has 7 N–H and O–H groups in total. The monoisotopic (exact) mass is 467 g/mol. The number of H-pyrrole nitrogens is 1. The van der Waals surface area contributed by atoms with Gasteiger partial charge in [0.1, 0.15) is 6.04 Å². The number of nitrogens with zero attached hydrogens (tertiary/aromatic N) is 2. The fraction of sp³-hybridized carbons (Fsp3) is 0.182. The average Bonchev–Trinajstić information content (AvgIpc) is 2.80. The Hall–Kier alpha value is -4.58. The van der Waals surface area contributed by atoms with Crippen LogP contribution >= 0.6 is 0 Å². The van der Waals surface area contributed by atoms with Crippen molar-refractivity contribution in [1.82, 2.24) is 20.3 Å². The van der Waals surface area contributed by atoms with Crippen molar-refractivity contribution in [2.24, 2.45) is 0 Å². The smallest absolute Gasteiger partial charge is 0.326 e. The molecule has 34 heavy (non-hydrogen) atoms. The van der Waals surface area contributed by atoms with Crippen LogP contribution in [-0.4, -0.2) is 60.8 Å². The lowest BCUT2D eigenvalue weighted by atomic mass is 10.0. The van der Waals surface area contributed by atoms with Crippen molar-refractivity contribution in [1.29, 1.82) is 0 Å². The molecule has 0 fully saturated rings. The van der Waals surface area contributed by atoms with Crippen molar-refractivity contribution in [3.8, 4) is 0 Å². The number of nitrogen functional groups attached to an aromatic ring is 1. The zero-order valence-electron chi connectivity index (χ0n) is 17.7. The van der Waals surface area contributed by atoms with E-state index in [-0.39, 0.29) is 35.6 Å². The fourth-order valence-corrected chi connectivity index (χ4v) is 3.16. The highest BCUT2D eigenvalue weighted by molar-refractivity contribution is 5.97. The maximum atomic E-state index is 12.4. The van der Waals surface area contributed by atoms with Crippen LogP contribution in [0.25, 0.3) is 22.7 Å². The van der Waals surface area contributed by atoms with Crippen molar-refractivity contribution in [2.75, 3.05) is 12.3 Å². The van der Waals surface area contributed by atoms with Crippen LogP contribution in [0.5, 0.6) is 0 Å². The first kappa shape index (κ1) is 24.1. The molecular formula is C22H21N5O7. The molecule has 3 rings (SSSR count). The van der Waals surface area contributed by atoms with Gasteiger partial charge in [-0.1, -0.05) is 12.1 Å². The van der Waals surface area contributed by atoms with E-state index in [0.29, 0.717) is 16.7 Å². The van der Waals surface area contributed by atoms with Gasteiger partial charge in [-0.05, 0) is 47.4 Å². The predicted octanol–water partition coefficient (Wildman–Crippen LogP) is 0.481. The van der Waals surface area contributed by atoms with Crippen LogP contribution in [0, 0.1) is 0 Å². The van der Waals surface area contributed by atoms with E-state index in [1.165, 1.54) is 18.3 Å². The lowest BCUT2D eigenvalue weighted by Gasteiger charge is -2.14. The minimum Gasteiger partial charge on any atom is -0.481 e. The molecule has 12 heteroatoms. The second-order valence-electron chi connectivity index (χ2n) is 7.29. The number of hydrogen-bond donors (Lipinski definition) is 6. The Morgan fingerprint density at radius 1 is 1.15 bits per heavy atom. The molecule has 1 unspecified atom stereocenters. The van der Waals surface area contributed by atoms with Gasteiger partial charge in [-0.25, -0.2) is 9.78 Å². The number of aromatic amines is 1. The molecule has 176 valence electrons. The second kappa shape index (κ2) is 10.4. The number of anilines is 1. The number of carboxylic acids is 2. The van der Waals surface area contributed by atoms with Gasteiger partial charge < -0.3 is 26.4 Å². The van der Waals surface area contributed by atoms with Crippen LogP contribution in [0.15, 0.2) is 41.3 Å². The third-order valence-corrected chi connectivity index (χ3v) is 4.88. The summed E-state index contributed by atoms with van der Waals surface area (Å²) < 4.78 is 0. The van der Waals surface area contributed by atoms with Crippen molar-refractivity contribution >= 4 is 46.5 Å². The number of aliphatic hydroxyl groups is 1. The van der Waals surface area contributed by atoms with E-state index in [4.69, 9.17) is 10.8 Å². The molecule has 1 atom stereocenters. The quantitative estimate of drug-likeness (QED) is 0.256. The number of amides is 1. The number of aromatic nitrogens is 3. The molecule has 0 aliphatic carbocycles. The summed E-state index contributed by atoms with van der Waals surface area (Å²) in [6, 6.07) is 6.22. The summed E-state index contributed by atoms with van der Waals surface area (Å²) in [6.07, 6.45) is 2.43. The summed E-state index contributed by atoms with van der Waals surface area (Å²) in [5.41, 5.74) is 6.97. The molecule has 0 bridgehead atoms. The van der Waals surface area contributed by atoms with Gasteiger partial charge in [0.2, 0.25) is 5.95 Å². The minimum absolute atomic E-state index is 0.0509. The van der Waals surface area contributed by atoms with Gasteiger partial charge in [0.25, 0.3) is 11.5 Å². The van der Waals surface area contributed by atoms with Gasteiger partial charge in [0, 0.05) is 18.2 Å². The number of hydrogen-bond acceptors (Lipinski definition) is 8. The predicted molar refractivity (Wildman–Crippen MR) is 122 cm³/mol. The second-order valence-corrected chi connectivity index (χ2v) is 7.29. The molecule has 12 nitrogen and oxygen atoms in total. The molecule has 0 saturated heterocycles. The lowest BCUT2D eigenvalue weighted by molar-refractivity contribution is -0.140. The van der Waals surface area contributed by atoms with Gasteiger partial charge >= 0.3 is 11.9 Å². The molecule has 0 spiro atoms. The maximum Gasteiger partial charge on any atom is 0.326 e. The zero-order chi connectivity index (χ0) is 24.8. The number of benzene rings is 1. The van der Waals surface area contributed by atoms with E-state index < -0.39 is 35.9 Å². The van der Waals surface area contributed by atoms with E-state index in [9.17, 15) is 29.4 Å². The first-order chi connectivity index (χ1) is 16.2. The number of carbonyl (C=O) groups excluding carboxylic acids is 1. The topological polar surface area (TPSA) is 209 Å². The number of rotatable bonds is 9. The molecule has 2 heterocycles. The first-order valence-corrected chi connectivity index (χ1v) is 10.0. The van der Waals surface area contributed by atoms with Crippen LogP contribution in [0.1, 0.15) is 34.3 Å². The van der Waals surface area contributed by atoms with Crippen LogP contribution in [0.2, 0.25) is 0 Å². The fourth-order valence-electron chi connectivity index (χ4n) is 3.16. The summed E-state index contributed by atoms with van der Waals surface area (Å²) in [5.74, 6) is -3.23. The zero-order valence-corrected chi connectivity index (χ0v) is 17.7. The van der Waals surface area contributed by atoms with E-state index in [1.807, 2.05) is 0 Å². The Balaban J connectivity index is 1.80. The van der Waals surface area contributed by atoms with Crippen molar-refractivity contribution < 1.29 is 29.7 Å². The number of nitrogens with one attached hydrogen (secondary N) is 2. The van der Waals surface area contributed by atoms with E-state index in [2.05, 4.69) is 20.3 Å². The highest BCUT2D eigenvalue weighted by atomic mass is 16.4. The SMILES string of the molecule is Nc1nc2ncc(/C=C(/CO)c3ccc(C(=O)NC(CCC(=O)O)C(=O)O)cc3)cc2c(=O)[nH]1. The Morgan fingerprint density at radius 2 is 1.82 bits per heavy atom. The third-order valence-electron chi connectivity index (χ3n) is 4.88. The molecule has 0 radical (unpaired) electrons.